The Kier molecular flexibility index (Phi) is 3.80. The number of benzene rings is 1. The highest BCUT2D eigenvalue weighted by molar-refractivity contribution is 7.88. The molecule has 124 valence electrons. The molecule has 1 heterocycles. The molecule has 0 fully saturated rings. The van der Waals surface area contributed by atoms with Gasteiger partial charge in [-0.25, -0.2) is 18.6 Å². The summed E-state index contributed by atoms with van der Waals surface area (Å²) in [5, 5.41) is 4.19. The van der Waals surface area contributed by atoms with Crippen LogP contribution in [0.2, 0.25) is 0 Å². The van der Waals surface area contributed by atoms with Gasteiger partial charge < -0.3 is 0 Å². The third kappa shape index (κ3) is 3.45. The summed E-state index contributed by atoms with van der Waals surface area (Å²) in [6.45, 7) is 3.80. The third-order valence-electron chi connectivity index (χ3n) is 4.37. The lowest BCUT2D eigenvalue weighted by Crippen LogP contribution is -2.40. The van der Waals surface area contributed by atoms with E-state index in [-0.39, 0.29) is 11.9 Å². The van der Waals surface area contributed by atoms with Crippen molar-refractivity contribution < 1.29 is 13.2 Å². The molecule has 2 aliphatic rings. The number of amides is 1. The summed E-state index contributed by atoms with van der Waals surface area (Å²) < 4.78 is 25.4. The first-order valence-corrected chi connectivity index (χ1v) is 9.50. The quantitative estimate of drug-likeness (QED) is 0.862. The van der Waals surface area contributed by atoms with Crippen molar-refractivity contribution in [3.05, 3.63) is 34.9 Å². The maximum Gasteiger partial charge on any atom is 0.246 e. The fourth-order valence-corrected chi connectivity index (χ4v) is 3.93. The van der Waals surface area contributed by atoms with Crippen LogP contribution < -0.4 is 10.1 Å². The summed E-state index contributed by atoms with van der Waals surface area (Å²) in [5.74, 6) is -0.0696. The molecule has 0 bridgehead atoms. The van der Waals surface area contributed by atoms with Gasteiger partial charge in [0, 0.05) is 12.5 Å². The number of nitrogens with one attached hydrogen (secondary N) is 2. The number of fused-ring (bicyclic) bond motifs is 1. The second-order valence-corrected chi connectivity index (χ2v) is 8.82. The van der Waals surface area contributed by atoms with Crippen molar-refractivity contribution >= 4 is 21.6 Å². The van der Waals surface area contributed by atoms with Gasteiger partial charge in [-0.05, 0) is 35.6 Å². The minimum absolute atomic E-state index is 0.0696. The summed E-state index contributed by atoms with van der Waals surface area (Å²) >= 11 is 0. The first-order chi connectivity index (χ1) is 10.6. The number of rotatable bonds is 3. The lowest BCUT2D eigenvalue weighted by molar-refractivity contribution is -0.129. The highest BCUT2D eigenvalue weighted by atomic mass is 32.2. The van der Waals surface area contributed by atoms with Crippen LogP contribution in [0.1, 0.15) is 37.0 Å². The lowest BCUT2D eigenvalue weighted by atomic mass is 9.83. The van der Waals surface area contributed by atoms with Crippen LogP contribution >= 0.6 is 0 Å². The first-order valence-electron chi connectivity index (χ1n) is 7.60. The van der Waals surface area contributed by atoms with E-state index in [2.05, 4.69) is 21.3 Å². The van der Waals surface area contributed by atoms with E-state index in [0.717, 1.165) is 22.4 Å². The SMILES string of the molecule is CC1(C)CC(c2ccc3c(c2)CC(NS(C)(=O)=O)C3)=NNC1=O. The minimum atomic E-state index is -3.20. The Labute approximate surface area is 136 Å². The largest absolute Gasteiger partial charge is 0.273 e. The molecule has 1 unspecified atom stereocenters. The molecular weight excluding hydrogens is 314 g/mol. The van der Waals surface area contributed by atoms with Gasteiger partial charge in [0.25, 0.3) is 0 Å². The number of carbonyl (C=O) groups is 1. The van der Waals surface area contributed by atoms with Gasteiger partial charge in [0.1, 0.15) is 0 Å². The van der Waals surface area contributed by atoms with Gasteiger partial charge in [0.2, 0.25) is 15.9 Å². The van der Waals surface area contributed by atoms with Gasteiger partial charge in [-0.1, -0.05) is 26.0 Å². The molecule has 23 heavy (non-hydrogen) atoms. The Morgan fingerprint density at radius 1 is 1.26 bits per heavy atom. The Morgan fingerprint density at radius 2 is 1.96 bits per heavy atom. The second kappa shape index (κ2) is 5.42. The van der Waals surface area contributed by atoms with Crippen molar-refractivity contribution in [3.8, 4) is 0 Å². The van der Waals surface area contributed by atoms with Gasteiger partial charge in [-0.3, -0.25) is 4.79 Å². The molecule has 1 aliphatic carbocycles. The molecule has 0 radical (unpaired) electrons. The van der Waals surface area contributed by atoms with Gasteiger partial charge in [-0.2, -0.15) is 5.10 Å². The maximum absolute atomic E-state index is 11.8. The van der Waals surface area contributed by atoms with E-state index in [4.69, 9.17) is 0 Å². The molecule has 1 aromatic rings. The molecule has 0 aromatic heterocycles. The topological polar surface area (TPSA) is 87.6 Å². The van der Waals surface area contributed by atoms with E-state index in [1.165, 1.54) is 6.26 Å². The van der Waals surface area contributed by atoms with Gasteiger partial charge >= 0.3 is 0 Å². The van der Waals surface area contributed by atoms with Gasteiger partial charge in [0.05, 0.1) is 17.4 Å². The molecule has 6 nitrogen and oxygen atoms in total. The molecule has 1 atom stereocenters. The van der Waals surface area contributed by atoms with Crippen molar-refractivity contribution in [2.75, 3.05) is 6.26 Å². The predicted molar refractivity (Wildman–Crippen MR) is 88.7 cm³/mol. The molecule has 2 N–H and O–H groups in total. The minimum Gasteiger partial charge on any atom is -0.273 e. The van der Waals surface area contributed by atoms with E-state index >= 15 is 0 Å². The van der Waals surface area contributed by atoms with Crippen LogP contribution in [0.3, 0.4) is 0 Å². The van der Waals surface area contributed by atoms with Crippen LogP contribution in [0, 0.1) is 5.41 Å². The highest BCUT2D eigenvalue weighted by Crippen LogP contribution is 2.29. The van der Waals surface area contributed by atoms with E-state index in [0.29, 0.717) is 19.3 Å². The Balaban J connectivity index is 1.82. The van der Waals surface area contributed by atoms with Crippen LogP contribution in [-0.4, -0.2) is 32.3 Å². The molecule has 7 heteroatoms. The maximum atomic E-state index is 11.8. The normalized spacial score (nSPS) is 23.2. The lowest BCUT2D eigenvalue weighted by Gasteiger charge is -2.27. The first kappa shape index (κ1) is 16.1. The Hall–Kier alpha value is -1.73. The molecule has 0 saturated heterocycles. The molecule has 0 spiro atoms. The van der Waals surface area contributed by atoms with Crippen molar-refractivity contribution in [2.45, 2.75) is 39.2 Å². The molecule has 0 saturated carbocycles. The zero-order valence-corrected chi connectivity index (χ0v) is 14.3. The zero-order chi connectivity index (χ0) is 16.8. The molecule has 1 aromatic carbocycles. The molecule has 1 amide bonds. The number of sulfonamides is 1. The van der Waals surface area contributed by atoms with Crippen LogP contribution in [0.25, 0.3) is 0 Å². The Bertz CT molecular complexity index is 797. The fourth-order valence-electron chi connectivity index (χ4n) is 3.16. The number of hydrogen-bond donors (Lipinski definition) is 2. The fraction of sp³-hybridized carbons (Fsp3) is 0.500. The van der Waals surface area contributed by atoms with Crippen molar-refractivity contribution in [2.24, 2.45) is 10.5 Å². The van der Waals surface area contributed by atoms with E-state index in [1.807, 2.05) is 26.0 Å². The van der Waals surface area contributed by atoms with Crippen LogP contribution in [0.15, 0.2) is 23.3 Å². The summed E-state index contributed by atoms with van der Waals surface area (Å²) in [5.41, 5.74) is 6.25. The molecule has 1 aliphatic heterocycles. The zero-order valence-electron chi connectivity index (χ0n) is 13.5. The van der Waals surface area contributed by atoms with Gasteiger partial charge in [0.15, 0.2) is 0 Å². The van der Waals surface area contributed by atoms with E-state index < -0.39 is 15.4 Å². The summed E-state index contributed by atoms with van der Waals surface area (Å²) in [6.07, 6.45) is 3.15. The molecule has 3 rings (SSSR count). The van der Waals surface area contributed by atoms with Crippen LogP contribution in [0.5, 0.6) is 0 Å². The number of carbonyl (C=O) groups excluding carboxylic acids is 1. The standard InChI is InChI=1S/C16H21N3O3S/c1-16(2)9-14(17-18-15(16)20)11-5-4-10-7-13(8-12(10)6-11)19-23(3,21)22/h4-6,13,19H,7-9H2,1-3H3,(H,18,20). The van der Waals surface area contributed by atoms with E-state index in [1.54, 1.807) is 0 Å². The summed E-state index contributed by atoms with van der Waals surface area (Å²) in [4.78, 5) is 11.8. The average molecular weight is 335 g/mol. The summed E-state index contributed by atoms with van der Waals surface area (Å²) in [7, 11) is -3.20. The van der Waals surface area contributed by atoms with Crippen molar-refractivity contribution in [3.63, 3.8) is 0 Å². The number of hydrazone groups is 1. The van der Waals surface area contributed by atoms with Crippen LogP contribution in [0.4, 0.5) is 0 Å². The highest BCUT2D eigenvalue weighted by Gasteiger charge is 2.33. The predicted octanol–water partition coefficient (Wildman–Crippen LogP) is 0.953. The van der Waals surface area contributed by atoms with Crippen molar-refractivity contribution in [1.29, 1.82) is 0 Å². The smallest absolute Gasteiger partial charge is 0.246 e. The molecular formula is C16H21N3O3S. The summed E-state index contributed by atoms with van der Waals surface area (Å²) in [6, 6.07) is 6.00. The average Bonchev–Trinajstić information content (AvgIpc) is 2.80. The monoisotopic (exact) mass is 335 g/mol. The Morgan fingerprint density at radius 3 is 2.61 bits per heavy atom. The van der Waals surface area contributed by atoms with E-state index in [9.17, 15) is 13.2 Å². The number of hydrogen-bond acceptors (Lipinski definition) is 4. The third-order valence-corrected chi connectivity index (χ3v) is 5.13. The second-order valence-electron chi connectivity index (χ2n) is 7.04. The van der Waals surface area contributed by atoms with Gasteiger partial charge in [-0.15, -0.1) is 0 Å². The van der Waals surface area contributed by atoms with Crippen molar-refractivity contribution in [1.82, 2.24) is 10.1 Å². The number of nitrogens with zero attached hydrogens (tertiary/aromatic N) is 1. The van der Waals surface area contributed by atoms with Crippen LogP contribution in [-0.2, 0) is 27.7 Å².